The maximum Gasteiger partial charge on any atom is 0.234 e. The molecule has 3 rings (SSSR count). The molecule has 1 amide bonds. The fourth-order valence-corrected chi connectivity index (χ4v) is 3.17. The van der Waals surface area contributed by atoms with Gasteiger partial charge in [-0.3, -0.25) is 4.79 Å². The van der Waals surface area contributed by atoms with Crippen LogP contribution in [-0.4, -0.2) is 25.7 Å². The number of amides is 1. The summed E-state index contributed by atoms with van der Waals surface area (Å²) >= 11 is 7.36. The molecule has 0 aliphatic carbocycles. The van der Waals surface area contributed by atoms with Crippen molar-refractivity contribution in [2.75, 3.05) is 5.32 Å². The second kappa shape index (κ2) is 6.64. The molecule has 23 heavy (non-hydrogen) atoms. The number of benzene rings is 1. The van der Waals surface area contributed by atoms with E-state index in [0.29, 0.717) is 23.6 Å². The summed E-state index contributed by atoms with van der Waals surface area (Å²) in [6, 6.07) is 7.09. The summed E-state index contributed by atoms with van der Waals surface area (Å²) in [6.07, 6.45) is 0.922. The molecule has 0 fully saturated rings. The number of anilines is 1. The minimum absolute atomic E-state index is 0.0673. The van der Waals surface area contributed by atoms with E-state index in [-0.39, 0.29) is 11.8 Å². The van der Waals surface area contributed by atoms with Crippen LogP contribution in [0.15, 0.2) is 24.3 Å². The van der Waals surface area contributed by atoms with Gasteiger partial charge in [0.15, 0.2) is 5.82 Å². The number of carbonyl (C=O) groups excluding carboxylic acids is 1. The van der Waals surface area contributed by atoms with E-state index in [1.807, 2.05) is 19.9 Å². The van der Waals surface area contributed by atoms with Gasteiger partial charge in [0, 0.05) is 29.5 Å². The van der Waals surface area contributed by atoms with Gasteiger partial charge < -0.3 is 5.32 Å². The molecule has 0 radical (unpaired) electrons. The molecule has 0 aliphatic rings. The Balaban J connectivity index is 1.62. The van der Waals surface area contributed by atoms with Gasteiger partial charge in [0.25, 0.3) is 0 Å². The highest BCUT2D eigenvalue weighted by Crippen LogP contribution is 2.20. The Morgan fingerprint density at radius 3 is 2.96 bits per heavy atom. The van der Waals surface area contributed by atoms with Crippen LogP contribution in [0.1, 0.15) is 37.0 Å². The summed E-state index contributed by atoms with van der Waals surface area (Å²) in [5.74, 6) is 1.03. The normalized spacial score (nSPS) is 11.3. The predicted octanol–water partition coefficient (Wildman–Crippen LogP) is 3.53. The van der Waals surface area contributed by atoms with E-state index in [9.17, 15) is 4.79 Å². The summed E-state index contributed by atoms with van der Waals surface area (Å²) in [6.45, 7) is 4.10. The molecule has 3 aromatic rings. The largest absolute Gasteiger partial charge is 0.326 e. The summed E-state index contributed by atoms with van der Waals surface area (Å²) in [5.41, 5.74) is 0.697. The van der Waals surface area contributed by atoms with Crippen LogP contribution in [0.5, 0.6) is 0 Å². The van der Waals surface area contributed by atoms with Crippen molar-refractivity contribution in [3.8, 4) is 0 Å². The summed E-state index contributed by atoms with van der Waals surface area (Å²) in [7, 11) is 0. The minimum atomic E-state index is -0.0673. The number of aryl methyl sites for hydroxylation is 1. The van der Waals surface area contributed by atoms with E-state index in [1.54, 1.807) is 22.7 Å². The molecule has 0 spiro atoms. The van der Waals surface area contributed by atoms with Gasteiger partial charge in [-0.1, -0.05) is 42.9 Å². The maximum absolute atomic E-state index is 12.0. The molecule has 1 aromatic carbocycles. The van der Waals surface area contributed by atoms with Crippen molar-refractivity contribution in [1.82, 2.24) is 19.8 Å². The van der Waals surface area contributed by atoms with E-state index in [2.05, 4.69) is 20.6 Å². The van der Waals surface area contributed by atoms with E-state index in [0.717, 1.165) is 15.8 Å². The minimum Gasteiger partial charge on any atom is -0.326 e. The molecule has 2 aromatic heterocycles. The van der Waals surface area contributed by atoms with Gasteiger partial charge in [0.2, 0.25) is 10.9 Å². The van der Waals surface area contributed by atoms with Crippen molar-refractivity contribution in [1.29, 1.82) is 0 Å². The number of nitrogens with one attached hydrogen (secondary N) is 1. The molecule has 0 bridgehead atoms. The summed E-state index contributed by atoms with van der Waals surface area (Å²) < 4.78 is 1.76. The molecule has 0 atom stereocenters. The molecule has 0 saturated heterocycles. The zero-order valence-electron chi connectivity index (χ0n) is 12.8. The molecule has 6 nitrogen and oxygen atoms in total. The Hall–Kier alpha value is -1.99. The number of rotatable bonds is 5. The lowest BCUT2D eigenvalue weighted by Crippen LogP contribution is -2.12. The van der Waals surface area contributed by atoms with Crippen molar-refractivity contribution in [3.63, 3.8) is 0 Å². The Labute approximate surface area is 142 Å². The van der Waals surface area contributed by atoms with Gasteiger partial charge in [0.05, 0.1) is 0 Å². The molecule has 0 saturated carbocycles. The lowest BCUT2D eigenvalue weighted by atomic mass is 10.2. The van der Waals surface area contributed by atoms with Crippen LogP contribution in [0.25, 0.3) is 4.96 Å². The van der Waals surface area contributed by atoms with Crippen molar-refractivity contribution < 1.29 is 4.79 Å². The SMILES string of the molecule is CC(C)c1nnc2sc(CCC(=O)Nc3cccc(Cl)c3)nn12. The zero-order chi connectivity index (χ0) is 16.4. The third-order valence-electron chi connectivity index (χ3n) is 3.25. The Morgan fingerprint density at radius 2 is 2.22 bits per heavy atom. The second-order valence-corrected chi connectivity index (χ2v) is 6.94. The third kappa shape index (κ3) is 3.68. The standard InChI is InChI=1S/C15H16ClN5OS/c1-9(2)14-18-19-15-21(14)20-13(23-15)7-6-12(22)17-11-5-3-4-10(16)8-11/h3-5,8-9H,6-7H2,1-2H3,(H,17,22). The molecule has 0 aliphatic heterocycles. The van der Waals surface area contributed by atoms with E-state index in [1.165, 1.54) is 11.3 Å². The molecule has 8 heteroatoms. The summed E-state index contributed by atoms with van der Waals surface area (Å²) in [4.78, 5) is 12.8. The zero-order valence-corrected chi connectivity index (χ0v) is 14.4. The van der Waals surface area contributed by atoms with Crippen LogP contribution >= 0.6 is 22.9 Å². The van der Waals surface area contributed by atoms with E-state index < -0.39 is 0 Å². The van der Waals surface area contributed by atoms with Crippen LogP contribution in [0.2, 0.25) is 5.02 Å². The van der Waals surface area contributed by atoms with Crippen molar-refractivity contribution in [2.45, 2.75) is 32.6 Å². The number of aromatic nitrogens is 4. The number of carbonyl (C=O) groups is 1. The first-order valence-electron chi connectivity index (χ1n) is 7.29. The molecule has 2 heterocycles. The topological polar surface area (TPSA) is 72.2 Å². The average Bonchev–Trinajstić information content (AvgIpc) is 3.04. The van der Waals surface area contributed by atoms with Gasteiger partial charge in [-0.2, -0.15) is 9.61 Å². The predicted molar refractivity (Wildman–Crippen MR) is 91.2 cm³/mol. The van der Waals surface area contributed by atoms with Crippen LogP contribution in [-0.2, 0) is 11.2 Å². The molecular formula is C15H16ClN5OS. The molecule has 0 unspecified atom stereocenters. The number of hydrogen-bond acceptors (Lipinski definition) is 5. The van der Waals surface area contributed by atoms with Gasteiger partial charge in [0.1, 0.15) is 5.01 Å². The first-order chi connectivity index (χ1) is 11.0. The smallest absolute Gasteiger partial charge is 0.234 e. The van der Waals surface area contributed by atoms with Crippen LogP contribution in [0.4, 0.5) is 5.69 Å². The molecule has 1 N–H and O–H groups in total. The lowest BCUT2D eigenvalue weighted by Gasteiger charge is -2.04. The van der Waals surface area contributed by atoms with Crippen molar-refractivity contribution in [2.24, 2.45) is 0 Å². The number of fused-ring (bicyclic) bond motifs is 1. The fourth-order valence-electron chi connectivity index (χ4n) is 2.14. The van der Waals surface area contributed by atoms with E-state index >= 15 is 0 Å². The first kappa shape index (κ1) is 15.9. The quantitative estimate of drug-likeness (QED) is 0.764. The van der Waals surface area contributed by atoms with Crippen LogP contribution in [0, 0.1) is 0 Å². The van der Waals surface area contributed by atoms with Crippen molar-refractivity contribution in [3.05, 3.63) is 40.1 Å². The molecule has 120 valence electrons. The Bertz CT molecular complexity index is 841. The Kier molecular flexibility index (Phi) is 4.58. The average molecular weight is 350 g/mol. The van der Waals surface area contributed by atoms with Gasteiger partial charge in [-0.15, -0.1) is 10.2 Å². The molecular weight excluding hydrogens is 334 g/mol. The summed E-state index contributed by atoms with van der Waals surface area (Å²) in [5, 5.41) is 17.0. The highest BCUT2D eigenvalue weighted by atomic mass is 35.5. The highest BCUT2D eigenvalue weighted by molar-refractivity contribution is 7.16. The highest BCUT2D eigenvalue weighted by Gasteiger charge is 2.14. The van der Waals surface area contributed by atoms with Crippen molar-refractivity contribution >= 4 is 39.5 Å². The second-order valence-electron chi connectivity index (χ2n) is 5.46. The van der Waals surface area contributed by atoms with Crippen LogP contribution in [0.3, 0.4) is 0 Å². The van der Waals surface area contributed by atoms with Gasteiger partial charge in [-0.05, 0) is 18.2 Å². The lowest BCUT2D eigenvalue weighted by molar-refractivity contribution is -0.116. The van der Waals surface area contributed by atoms with Gasteiger partial charge in [-0.25, -0.2) is 0 Å². The number of hydrogen-bond donors (Lipinski definition) is 1. The number of halogens is 1. The number of nitrogens with zero attached hydrogens (tertiary/aromatic N) is 4. The third-order valence-corrected chi connectivity index (χ3v) is 4.44. The maximum atomic E-state index is 12.0. The van der Waals surface area contributed by atoms with Gasteiger partial charge >= 0.3 is 0 Å². The fraction of sp³-hybridized carbons (Fsp3) is 0.333. The van der Waals surface area contributed by atoms with E-state index in [4.69, 9.17) is 11.6 Å². The monoisotopic (exact) mass is 349 g/mol. The first-order valence-corrected chi connectivity index (χ1v) is 8.49. The van der Waals surface area contributed by atoms with Crippen LogP contribution < -0.4 is 5.32 Å². The Morgan fingerprint density at radius 1 is 1.39 bits per heavy atom.